The molecule has 39 heavy (non-hydrogen) atoms. The smallest absolute Gasteiger partial charge is 0.328 e. The molecule has 0 saturated carbocycles. The second-order valence-electron chi connectivity index (χ2n) is 9.95. The van der Waals surface area contributed by atoms with Crippen LogP contribution in [0.5, 0.6) is 0 Å². The van der Waals surface area contributed by atoms with Crippen molar-refractivity contribution >= 4 is 40.6 Å². The Morgan fingerprint density at radius 1 is 0.872 bits per heavy atom. The summed E-state index contributed by atoms with van der Waals surface area (Å²) < 4.78 is 11.2. The standard InChI is InChI=1S/C27H39N5O7/c1-15(2)23(26(36)38-5)30-21(33)12-29-25(35)19(28)11-17-13-32(20-10-8-7-9-18(17)20)14-22(34)31-24(16(3)4)27(37)39-6/h7-10,13,15-16,19,23-24H,11-12,14,28H2,1-6H3,(H,29,35)(H,30,33)(H,31,34)/t19-,23+,24-/m0/s1. The Balaban J connectivity index is 2.07. The molecule has 1 aromatic heterocycles. The largest absolute Gasteiger partial charge is 0.467 e. The van der Waals surface area contributed by atoms with Crippen LogP contribution in [0.25, 0.3) is 10.9 Å². The van der Waals surface area contributed by atoms with Gasteiger partial charge in [0.15, 0.2) is 0 Å². The number of esters is 2. The predicted molar refractivity (Wildman–Crippen MR) is 144 cm³/mol. The summed E-state index contributed by atoms with van der Waals surface area (Å²) in [5.74, 6) is -2.91. The van der Waals surface area contributed by atoms with Gasteiger partial charge in [0.25, 0.3) is 0 Å². The van der Waals surface area contributed by atoms with E-state index < -0.39 is 41.9 Å². The summed E-state index contributed by atoms with van der Waals surface area (Å²) in [5.41, 5.74) is 7.65. The fraction of sp³-hybridized carbons (Fsp3) is 0.519. The van der Waals surface area contributed by atoms with Crippen molar-refractivity contribution < 1.29 is 33.4 Å². The topological polar surface area (TPSA) is 171 Å². The number of para-hydroxylation sites is 1. The van der Waals surface area contributed by atoms with Crippen LogP contribution in [0.3, 0.4) is 0 Å². The maximum Gasteiger partial charge on any atom is 0.328 e. The molecule has 1 aromatic carbocycles. The van der Waals surface area contributed by atoms with E-state index in [1.807, 2.05) is 38.1 Å². The monoisotopic (exact) mass is 545 g/mol. The highest BCUT2D eigenvalue weighted by Crippen LogP contribution is 2.22. The van der Waals surface area contributed by atoms with Gasteiger partial charge in [0.1, 0.15) is 18.6 Å². The average molecular weight is 546 g/mol. The van der Waals surface area contributed by atoms with Gasteiger partial charge in [-0.1, -0.05) is 45.9 Å². The summed E-state index contributed by atoms with van der Waals surface area (Å²) in [5, 5.41) is 8.58. The minimum absolute atomic E-state index is 0.0560. The zero-order chi connectivity index (χ0) is 29.3. The fourth-order valence-corrected chi connectivity index (χ4v) is 4.09. The average Bonchev–Trinajstić information content (AvgIpc) is 3.24. The Bertz CT molecular complexity index is 1190. The van der Waals surface area contributed by atoms with Crippen LogP contribution >= 0.6 is 0 Å². The van der Waals surface area contributed by atoms with E-state index in [9.17, 15) is 24.0 Å². The van der Waals surface area contributed by atoms with Crippen LogP contribution in [0.4, 0.5) is 0 Å². The van der Waals surface area contributed by atoms with E-state index in [1.165, 1.54) is 14.2 Å². The summed E-state index contributed by atoms with van der Waals surface area (Å²) >= 11 is 0. The number of methoxy groups -OCH3 is 2. The van der Waals surface area contributed by atoms with Crippen LogP contribution in [0, 0.1) is 11.8 Å². The highest BCUT2D eigenvalue weighted by Gasteiger charge is 2.27. The molecule has 1 heterocycles. The second kappa shape index (κ2) is 14.3. The molecule has 0 aliphatic carbocycles. The van der Waals surface area contributed by atoms with Crippen molar-refractivity contribution in [2.45, 2.75) is 58.8 Å². The summed E-state index contributed by atoms with van der Waals surface area (Å²) in [4.78, 5) is 61.6. The second-order valence-corrected chi connectivity index (χ2v) is 9.95. The first kappa shape index (κ1) is 31.3. The first-order chi connectivity index (χ1) is 18.4. The molecule has 3 amide bonds. The lowest BCUT2D eigenvalue weighted by Crippen LogP contribution is -2.50. The third-order valence-electron chi connectivity index (χ3n) is 6.26. The number of amides is 3. The number of nitrogens with one attached hydrogen (secondary N) is 3. The van der Waals surface area contributed by atoms with E-state index in [1.54, 1.807) is 24.6 Å². The van der Waals surface area contributed by atoms with Crippen molar-refractivity contribution in [3.8, 4) is 0 Å². The molecule has 0 bridgehead atoms. The maximum absolute atomic E-state index is 12.8. The number of aromatic nitrogens is 1. The number of rotatable bonds is 13. The quantitative estimate of drug-likeness (QED) is 0.260. The maximum atomic E-state index is 12.8. The molecule has 5 N–H and O–H groups in total. The molecular formula is C27H39N5O7. The minimum Gasteiger partial charge on any atom is -0.467 e. The molecular weight excluding hydrogens is 506 g/mol. The Kier molecular flexibility index (Phi) is 11.5. The summed E-state index contributed by atoms with van der Waals surface area (Å²) in [6.45, 7) is 6.73. The number of nitrogens with zero attached hydrogens (tertiary/aromatic N) is 1. The summed E-state index contributed by atoms with van der Waals surface area (Å²) in [6.07, 6.45) is 1.90. The van der Waals surface area contributed by atoms with Crippen molar-refractivity contribution in [1.29, 1.82) is 0 Å². The van der Waals surface area contributed by atoms with Gasteiger partial charge < -0.3 is 35.7 Å². The van der Waals surface area contributed by atoms with Gasteiger partial charge in [-0.2, -0.15) is 0 Å². The van der Waals surface area contributed by atoms with Gasteiger partial charge >= 0.3 is 11.9 Å². The zero-order valence-electron chi connectivity index (χ0n) is 23.3. The minimum atomic E-state index is -0.975. The zero-order valence-corrected chi connectivity index (χ0v) is 23.3. The number of hydrogen-bond donors (Lipinski definition) is 4. The molecule has 0 aliphatic heterocycles. The van der Waals surface area contributed by atoms with Gasteiger partial charge in [0.2, 0.25) is 17.7 Å². The third-order valence-corrected chi connectivity index (χ3v) is 6.26. The van der Waals surface area contributed by atoms with Crippen molar-refractivity contribution in [1.82, 2.24) is 20.5 Å². The molecule has 214 valence electrons. The first-order valence-electron chi connectivity index (χ1n) is 12.7. The number of carbonyl (C=O) groups is 5. The number of hydrogen-bond acceptors (Lipinski definition) is 8. The molecule has 0 unspecified atom stereocenters. The number of carbonyl (C=O) groups excluding carboxylic acids is 5. The van der Waals surface area contributed by atoms with Gasteiger partial charge in [0.05, 0.1) is 26.8 Å². The van der Waals surface area contributed by atoms with Gasteiger partial charge in [-0.05, 0) is 29.9 Å². The lowest BCUT2D eigenvalue weighted by Gasteiger charge is -2.20. The van der Waals surface area contributed by atoms with Gasteiger partial charge in [-0.25, -0.2) is 9.59 Å². The summed E-state index contributed by atoms with van der Waals surface area (Å²) in [7, 11) is 2.50. The molecule has 2 rings (SSSR count). The lowest BCUT2D eigenvalue weighted by atomic mass is 10.0. The van der Waals surface area contributed by atoms with Crippen molar-refractivity contribution in [3.05, 3.63) is 36.0 Å². The van der Waals surface area contributed by atoms with Gasteiger partial charge in [-0.3, -0.25) is 14.4 Å². The van der Waals surface area contributed by atoms with Crippen LogP contribution in [0.1, 0.15) is 33.3 Å². The van der Waals surface area contributed by atoms with Gasteiger partial charge in [-0.15, -0.1) is 0 Å². The van der Waals surface area contributed by atoms with E-state index in [2.05, 4.69) is 16.0 Å². The molecule has 0 aliphatic rings. The van der Waals surface area contributed by atoms with E-state index in [0.29, 0.717) is 0 Å². The SMILES string of the molecule is COC(=O)[C@@H](NC(=O)Cn1cc(C[C@H](N)C(=O)NCC(=O)N[C@@H](C(=O)OC)C(C)C)c2ccccc21)C(C)C. The van der Waals surface area contributed by atoms with Crippen molar-refractivity contribution in [2.75, 3.05) is 20.8 Å². The van der Waals surface area contributed by atoms with Gasteiger partial charge in [0, 0.05) is 17.1 Å². The molecule has 0 radical (unpaired) electrons. The normalized spacial score (nSPS) is 13.5. The molecule has 0 saturated heterocycles. The number of fused-ring (bicyclic) bond motifs is 1. The number of ether oxygens (including phenoxy) is 2. The lowest BCUT2D eigenvalue weighted by molar-refractivity contribution is -0.146. The van der Waals surface area contributed by atoms with Crippen LogP contribution in [-0.4, -0.2) is 73.1 Å². The first-order valence-corrected chi connectivity index (χ1v) is 12.7. The number of benzene rings is 1. The highest BCUT2D eigenvalue weighted by molar-refractivity contribution is 5.91. The van der Waals surface area contributed by atoms with E-state index in [0.717, 1.165) is 16.5 Å². The third kappa shape index (κ3) is 8.54. The Morgan fingerprint density at radius 3 is 1.95 bits per heavy atom. The number of nitrogens with two attached hydrogens (primary N) is 1. The van der Waals surface area contributed by atoms with Crippen LogP contribution in [-0.2, 0) is 46.4 Å². The Hall–Kier alpha value is -3.93. The molecule has 2 aromatic rings. The molecule has 12 heteroatoms. The van der Waals surface area contributed by atoms with Crippen molar-refractivity contribution in [3.63, 3.8) is 0 Å². The Labute approximate surface area is 227 Å². The fourth-order valence-electron chi connectivity index (χ4n) is 4.09. The summed E-state index contributed by atoms with van der Waals surface area (Å²) in [6, 6.07) is 4.79. The van der Waals surface area contributed by atoms with E-state index >= 15 is 0 Å². The van der Waals surface area contributed by atoms with Crippen LogP contribution in [0.2, 0.25) is 0 Å². The molecule has 12 nitrogen and oxygen atoms in total. The predicted octanol–water partition coefficient (Wildman–Crippen LogP) is 0.255. The Morgan fingerprint density at radius 2 is 1.41 bits per heavy atom. The molecule has 0 fully saturated rings. The van der Waals surface area contributed by atoms with Crippen LogP contribution in [0.15, 0.2) is 30.5 Å². The molecule has 0 spiro atoms. The highest BCUT2D eigenvalue weighted by atomic mass is 16.5. The molecule has 3 atom stereocenters. The van der Waals surface area contributed by atoms with Crippen molar-refractivity contribution in [2.24, 2.45) is 17.6 Å². The van der Waals surface area contributed by atoms with E-state index in [4.69, 9.17) is 15.2 Å². The van der Waals surface area contributed by atoms with E-state index in [-0.39, 0.29) is 37.3 Å². The van der Waals surface area contributed by atoms with Crippen LogP contribution < -0.4 is 21.7 Å².